The van der Waals surface area contributed by atoms with Crippen molar-refractivity contribution in [1.82, 2.24) is 10.3 Å². The monoisotopic (exact) mass is 235 g/mol. The Morgan fingerprint density at radius 3 is 2.82 bits per heavy atom. The molecule has 0 atom stereocenters. The van der Waals surface area contributed by atoms with Gasteiger partial charge in [-0.3, -0.25) is 0 Å². The van der Waals surface area contributed by atoms with Crippen LogP contribution in [0.5, 0.6) is 0 Å². The van der Waals surface area contributed by atoms with Crippen LogP contribution < -0.4 is 16.0 Å². The lowest BCUT2D eigenvalue weighted by Gasteiger charge is -2.15. The summed E-state index contributed by atoms with van der Waals surface area (Å²) >= 11 is 0. The molecule has 0 aliphatic rings. The van der Waals surface area contributed by atoms with Gasteiger partial charge in [-0.25, -0.2) is 9.98 Å². The molecule has 0 saturated heterocycles. The summed E-state index contributed by atoms with van der Waals surface area (Å²) in [7, 11) is 3.93. The van der Waals surface area contributed by atoms with Crippen molar-refractivity contribution in [2.45, 2.75) is 26.4 Å². The van der Waals surface area contributed by atoms with Gasteiger partial charge in [0.25, 0.3) is 0 Å². The van der Waals surface area contributed by atoms with E-state index in [2.05, 4.69) is 15.3 Å². The third kappa shape index (κ3) is 4.30. The molecule has 5 nitrogen and oxygen atoms in total. The summed E-state index contributed by atoms with van der Waals surface area (Å²) in [6, 6.07) is 4.21. The zero-order valence-corrected chi connectivity index (χ0v) is 10.9. The van der Waals surface area contributed by atoms with Gasteiger partial charge in [0.1, 0.15) is 5.82 Å². The fraction of sp³-hybridized carbons (Fsp3) is 0.500. The van der Waals surface area contributed by atoms with Crippen molar-refractivity contribution in [3.63, 3.8) is 0 Å². The normalized spacial score (nSPS) is 11.7. The van der Waals surface area contributed by atoms with Crippen LogP contribution in [0.2, 0.25) is 0 Å². The summed E-state index contributed by atoms with van der Waals surface area (Å²) in [4.78, 5) is 10.6. The van der Waals surface area contributed by atoms with Gasteiger partial charge in [0.2, 0.25) is 0 Å². The first kappa shape index (κ1) is 13.3. The van der Waals surface area contributed by atoms with Crippen LogP contribution in [0.1, 0.15) is 19.4 Å². The topological polar surface area (TPSA) is 66.5 Å². The maximum Gasteiger partial charge on any atom is 0.189 e. The van der Waals surface area contributed by atoms with E-state index in [4.69, 9.17) is 5.73 Å². The molecule has 17 heavy (non-hydrogen) atoms. The first-order valence-corrected chi connectivity index (χ1v) is 5.68. The number of nitrogens with two attached hydrogens (primary N) is 1. The van der Waals surface area contributed by atoms with E-state index in [1.165, 1.54) is 0 Å². The summed E-state index contributed by atoms with van der Waals surface area (Å²) < 4.78 is 0. The molecule has 0 fully saturated rings. The van der Waals surface area contributed by atoms with Gasteiger partial charge in [-0.2, -0.15) is 0 Å². The Labute approximate surface area is 103 Å². The lowest BCUT2D eigenvalue weighted by atomic mass is 10.2. The SMILES string of the molecule is CC(C)NC(N)=NCc1cccnc1N(C)C. The van der Waals surface area contributed by atoms with Gasteiger partial charge in [-0.05, 0) is 19.9 Å². The third-order valence-corrected chi connectivity index (χ3v) is 2.15. The fourth-order valence-corrected chi connectivity index (χ4v) is 1.47. The number of rotatable bonds is 4. The van der Waals surface area contributed by atoms with Crippen LogP contribution >= 0.6 is 0 Å². The van der Waals surface area contributed by atoms with Gasteiger partial charge < -0.3 is 16.0 Å². The van der Waals surface area contributed by atoms with Gasteiger partial charge in [0.05, 0.1) is 6.54 Å². The van der Waals surface area contributed by atoms with E-state index in [9.17, 15) is 0 Å². The van der Waals surface area contributed by atoms with Gasteiger partial charge in [0.15, 0.2) is 5.96 Å². The molecule has 0 aliphatic heterocycles. The first-order valence-electron chi connectivity index (χ1n) is 5.68. The Kier molecular flexibility index (Phi) is 4.75. The smallest absolute Gasteiger partial charge is 0.189 e. The van der Waals surface area contributed by atoms with Gasteiger partial charge in [0, 0.05) is 31.9 Å². The molecule has 1 aromatic heterocycles. The summed E-state index contributed by atoms with van der Waals surface area (Å²) in [5, 5.41) is 3.06. The Balaban J connectivity index is 2.75. The predicted molar refractivity (Wildman–Crippen MR) is 72.2 cm³/mol. The number of nitrogens with zero attached hydrogens (tertiary/aromatic N) is 3. The summed E-state index contributed by atoms with van der Waals surface area (Å²) in [5.41, 5.74) is 6.81. The molecule has 0 radical (unpaired) electrons. The van der Waals surface area contributed by atoms with Gasteiger partial charge in [-0.15, -0.1) is 0 Å². The maximum absolute atomic E-state index is 5.75. The molecule has 0 amide bonds. The van der Waals surface area contributed by atoms with E-state index in [0.717, 1.165) is 11.4 Å². The molecule has 94 valence electrons. The van der Waals surface area contributed by atoms with E-state index >= 15 is 0 Å². The van der Waals surface area contributed by atoms with Crippen molar-refractivity contribution in [2.75, 3.05) is 19.0 Å². The number of hydrogen-bond donors (Lipinski definition) is 2. The Bertz CT molecular complexity index is 384. The molecule has 0 spiro atoms. The van der Waals surface area contributed by atoms with Crippen molar-refractivity contribution in [2.24, 2.45) is 10.7 Å². The van der Waals surface area contributed by atoms with Crippen LogP contribution in [-0.4, -0.2) is 31.1 Å². The minimum Gasteiger partial charge on any atom is -0.370 e. The molecule has 1 rings (SSSR count). The molecule has 0 saturated carbocycles. The van der Waals surface area contributed by atoms with E-state index in [-0.39, 0.29) is 0 Å². The Hall–Kier alpha value is -1.78. The largest absolute Gasteiger partial charge is 0.370 e. The maximum atomic E-state index is 5.75. The number of nitrogens with one attached hydrogen (secondary N) is 1. The summed E-state index contributed by atoms with van der Waals surface area (Å²) in [6.07, 6.45) is 1.78. The highest BCUT2D eigenvalue weighted by Crippen LogP contribution is 2.14. The van der Waals surface area contributed by atoms with Crippen molar-refractivity contribution in [3.05, 3.63) is 23.9 Å². The summed E-state index contributed by atoms with van der Waals surface area (Å²) in [5.74, 6) is 1.39. The van der Waals surface area contributed by atoms with E-state index < -0.39 is 0 Å². The fourth-order valence-electron chi connectivity index (χ4n) is 1.47. The van der Waals surface area contributed by atoms with Crippen molar-refractivity contribution >= 4 is 11.8 Å². The second-order valence-corrected chi connectivity index (χ2v) is 4.38. The number of guanidine groups is 1. The molecule has 0 aliphatic carbocycles. The lowest BCUT2D eigenvalue weighted by Crippen LogP contribution is -2.36. The second-order valence-electron chi connectivity index (χ2n) is 4.38. The highest BCUT2D eigenvalue weighted by molar-refractivity contribution is 5.78. The second kappa shape index (κ2) is 6.08. The zero-order valence-electron chi connectivity index (χ0n) is 10.9. The number of aliphatic imine (C=N–C) groups is 1. The number of pyridine rings is 1. The molecule has 5 heteroatoms. The molecule has 1 aromatic rings. The predicted octanol–water partition coefficient (Wildman–Crippen LogP) is 0.960. The van der Waals surface area contributed by atoms with Crippen molar-refractivity contribution < 1.29 is 0 Å². The van der Waals surface area contributed by atoms with Crippen LogP contribution in [0.25, 0.3) is 0 Å². The Morgan fingerprint density at radius 1 is 1.53 bits per heavy atom. The standard InChI is InChI=1S/C12H21N5/c1-9(2)16-12(13)15-8-10-6-5-7-14-11(10)17(3)4/h5-7,9H,8H2,1-4H3,(H3,13,15,16). The zero-order chi connectivity index (χ0) is 12.8. The highest BCUT2D eigenvalue weighted by Gasteiger charge is 2.04. The average molecular weight is 235 g/mol. The van der Waals surface area contributed by atoms with Crippen LogP contribution in [0, 0.1) is 0 Å². The minimum absolute atomic E-state index is 0.293. The van der Waals surface area contributed by atoms with Crippen LogP contribution in [0.15, 0.2) is 23.3 Å². The van der Waals surface area contributed by atoms with Crippen molar-refractivity contribution in [1.29, 1.82) is 0 Å². The molecular formula is C12H21N5. The van der Waals surface area contributed by atoms with E-state index in [1.54, 1.807) is 6.20 Å². The number of hydrogen-bond acceptors (Lipinski definition) is 3. The van der Waals surface area contributed by atoms with Crippen LogP contribution in [-0.2, 0) is 6.54 Å². The molecule has 0 aromatic carbocycles. The average Bonchev–Trinajstić information content (AvgIpc) is 2.25. The van der Waals surface area contributed by atoms with Gasteiger partial charge in [-0.1, -0.05) is 6.07 Å². The number of aromatic nitrogens is 1. The van der Waals surface area contributed by atoms with Gasteiger partial charge >= 0.3 is 0 Å². The highest BCUT2D eigenvalue weighted by atomic mass is 15.1. The lowest BCUT2D eigenvalue weighted by molar-refractivity contribution is 0.723. The molecule has 0 unspecified atom stereocenters. The molecular weight excluding hydrogens is 214 g/mol. The number of anilines is 1. The van der Waals surface area contributed by atoms with Crippen molar-refractivity contribution in [3.8, 4) is 0 Å². The van der Waals surface area contributed by atoms with E-state index in [1.807, 2.05) is 45.0 Å². The quantitative estimate of drug-likeness (QED) is 0.602. The Morgan fingerprint density at radius 2 is 2.24 bits per heavy atom. The third-order valence-electron chi connectivity index (χ3n) is 2.15. The van der Waals surface area contributed by atoms with Crippen LogP contribution in [0.4, 0.5) is 5.82 Å². The van der Waals surface area contributed by atoms with E-state index in [0.29, 0.717) is 18.5 Å². The molecule has 3 N–H and O–H groups in total. The summed E-state index contributed by atoms with van der Waals surface area (Å²) in [6.45, 7) is 4.59. The minimum atomic E-state index is 0.293. The van der Waals surface area contributed by atoms with Crippen LogP contribution in [0.3, 0.4) is 0 Å². The molecule has 1 heterocycles. The first-order chi connectivity index (χ1) is 8.00. The molecule has 0 bridgehead atoms.